The quantitative estimate of drug-likeness (QED) is 0.483. The number of Topliss-reactive ketones (excluding diaryl/α,β-unsaturated/α-hetero) is 1. The number of fused-ring (bicyclic) bond motifs is 2. The fourth-order valence-corrected chi connectivity index (χ4v) is 5.58. The first-order chi connectivity index (χ1) is 14.6. The number of aryl methyl sites for hydroxylation is 1. The lowest BCUT2D eigenvalue weighted by molar-refractivity contribution is 0.0319. The van der Waals surface area contributed by atoms with Gasteiger partial charge in [0.1, 0.15) is 0 Å². The number of rotatable bonds is 5. The molecule has 0 fully saturated rings. The number of ether oxygens (including phenoxy) is 1. The molecule has 31 heavy (non-hydrogen) atoms. The van der Waals surface area contributed by atoms with Crippen LogP contribution in [0.5, 0.6) is 0 Å². The summed E-state index contributed by atoms with van der Waals surface area (Å²) in [6, 6.07) is 12.1. The Balaban J connectivity index is 1.56. The molecule has 2 aromatic carbocycles. The zero-order valence-corrected chi connectivity index (χ0v) is 18.6. The van der Waals surface area contributed by atoms with Gasteiger partial charge in [0, 0.05) is 28.2 Å². The molecular weight excluding hydrogens is 416 g/mol. The Kier molecular flexibility index (Phi) is 5.13. The number of carbonyl (C=O) groups is 2. The number of para-hydroxylation sites is 1. The van der Waals surface area contributed by atoms with Crippen LogP contribution in [0.3, 0.4) is 0 Å². The van der Waals surface area contributed by atoms with Gasteiger partial charge in [-0.2, -0.15) is 0 Å². The van der Waals surface area contributed by atoms with Gasteiger partial charge in [-0.3, -0.25) is 9.10 Å². The van der Waals surface area contributed by atoms with E-state index in [1.54, 1.807) is 19.1 Å². The van der Waals surface area contributed by atoms with Crippen LogP contribution in [0.25, 0.3) is 10.9 Å². The van der Waals surface area contributed by atoms with Crippen molar-refractivity contribution in [3.8, 4) is 0 Å². The number of aromatic nitrogens is 1. The smallest absolute Gasteiger partial charge is 0.338 e. The van der Waals surface area contributed by atoms with Crippen molar-refractivity contribution in [2.24, 2.45) is 0 Å². The normalized spacial score (nSPS) is 16.9. The summed E-state index contributed by atoms with van der Waals surface area (Å²) in [6.07, 6.45) is 0.706. The highest BCUT2D eigenvalue weighted by molar-refractivity contribution is 7.92. The van der Waals surface area contributed by atoms with E-state index in [-0.39, 0.29) is 17.4 Å². The van der Waals surface area contributed by atoms with Crippen molar-refractivity contribution >= 4 is 38.4 Å². The number of ketones is 1. The first-order valence-electron chi connectivity index (χ1n) is 10.0. The molecule has 1 N–H and O–H groups in total. The third-order valence-corrected chi connectivity index (χ3v) is 6.89. The molecule has 1 aliphatic heterocycles. The van der Waals surface area contributed by atoms with Crippen LogP contribution in [-0.4, -0.2) is 43.6 Å². The molecule has 8 heteroatoms. The minimum atomic E-state index is -3.41. The standard InChI is InChI=1S/C23H24N2O5S/c1-13-11-17-12-16(9-10-20(17)25(13)31(4,28)29)23(27)30-15(3)22(26)21-14(2)24-19-8-6-5-7-18(19)21/h5-10,12-13,15,24H,11H2,1-4H3/t13-,15+/m0/s1. The van der Waals surface area contributed by atoms with Crippen LogP contribution in [-0.2, 0) is 21.2 Å². The molecule has 7 nitrogen and oxygen atoms in total. The van der Waals surface area contributed by atoms with Gasteiger partial charge in [-0.25, -0.2) is 13.2 Å². The lowest BCUT2D eigenvalue weighted by Crippen LogP contribution is -2.34. The van der Waals surface area contributed by atoms with E-state index in [1.807, 2.05) is 38.1 Å². The van der Waals surface area contributed by atoms with Crippen molar-refractivity contribution < 1.29 is 22.7 Å². The molecule has 0 amide bonds. The highest BCUT2D eigenvalue weighted by atomic mass is 32.2. The molecule has 0 saturated carbocycles. The molecule has 0 aliphatic carbocycles. The highest BCUT2D eigenvalue weighted by Gasteiger charge is 2.33. The van der Waals surface area contributed by atoms with Gasteiger partial charge in [0.25, 0.3) is 0 Å². The van der Waals surface area contributed by atoms with Gasteiger partial charge < -0.3 is 9.72 Å². The van der Waals surface area contributed by atoms with E-state index in [2.05, 4.69) is 4.98 Å². The molecule has 0 bridgehead atoms. The van der Waals surface area contributed by atoms with Crippen LogP contribution in [0.1, 0.15) is 45.8 Å². The second-order valence-electron chi connectivity index (χ2n) is 8.04. The maximum Gasteiger partial charge on any atom is 0.338 e. The van der Waals surface area contributed by atoms with Crippen molar-refractivity contribution in [1.29, 1.82) is 0 Å². The molecule has 3 aromatic rings. The average molecular weight is 441 g/mol. The lowest BCUT2D eigenvalue weighted by Gasteiger charge is -2.22. The summed E-state index contributed by atoms with van der Waals surface area (Å²) in [5.74, 6) is -0.895. The third-order valence-electron chi connectivity index (χ3n) is 5.62. The second-order valence-corrected chi connectivity index (χ2v) is 9.90. The van der Waals surface area contributed by atoms with Crippen molar-refractivity contribution in [3.63, 3.8) is 0 Å². The van der Waals surface area contributed by atoms with Gasteiger partial charge in [0.15, 0.2) is 6.10 Å². The first-order valence-corrected chi connectivity index (χ1v) is 11.9. The van der Waals surface area contributed by atoms with Gasteiger partial charge in [-0.15, -0.1) is 0 Å². The number of nitrogens with zero attached hydrogens (tertiary/aromatic N) is 1. The molecule has 0 unspecified atom stereocenters. The number of carbonyl (C=O) groups excluding carboxylic acids is 2. The van der Waals surface area contributed by atoms with Gasteiger partial charge in [0.05, 0.1) is 17.5 Å². The van der Waals surface area contributed by atoms with E-state index < -0.39 is 22.1 Å². The molecule has 2 atom stereocenters. The second kappa shape index (κ2) is 7.53. The molecule has 0 spiro atoms. The van der Waals surface area contributed by atoms with Crippen LogP contribution >= 0.6 is 0 Å². The SMILES string of the molecule is Cc1[nH]c2ccccc2c1C(=O)[C@@H](C)OC(=O)c1ccc2c(c1)C[C@H](C)N2S(C)(=O)=O. The largest absolute Gasteiger partial charge is 0.451 e. The fourth-order valence-electron chi connectivity index (χ4n) is 4.31. The highest BCUT2D eigenvalue weighted by Crippen LogP contribution is 2.35. The maximum absolute atomic E-state index is 13.0. The van der Waals surface area contributed by atoms with E-state index in [0.717, 1.165) is 22.2 Å². The summed E-state index contributed by atoms with van der Waals surface area (Å²) in [5, 5.41) is 0.792. The van der Waals surface area contributed by atoms with Crippen molar-refractivity contribution in [2.75, 3.05) is 10.6 Å². The number of aromatic amines is 1. The number of hydrogen-bond donors (Lipinski definition) is 1. The van der Waals surface area contributed by atoms with E-state index in [4.69, 9.17) is 4.74 Å². The number of sulfonamides is 1. The first kappa shape index (κ1) is 21.1. The summed E-state index contributed by atoms with van der Waals surface area (Å²) < 4.78 is 31.0. The van der Waals surface area contributed by atoms with Gasteiger partial charge in [0.2, 0.25) is 15.8 Å². The third kappa shape index (κ3) is 3.72. The van der Waals surface area contributed by atoms with Crippen LogP contribution in [0, 0.1) is 6.92 Å². The summed E-state index contributed by atoms with van der Waals surface area (Å²) in [5.41, 5.74) is 3.72. The van der Waals surface area contributed by atoms with Crippen LogP contribution < -0.4 is 4.31 Å². The fraction of sp³-hybridized carbons (Fsp3) is 0.304. The zero-order chi connectivity index (χ0) is 22.5. The molecule has 1 aromatic heterocycles. The topological polar surface area (TPSA) is 96.5 Å². The molecular formula is C23H24N2O5S. The minimum absolute atomic E-state index is 0.221. The number of esters is 1. The number of benzene rings is 2. The predicted octanol–water partition coefficient (Wildman–Crippen LogP) is 3.62. The summed E-state index contributed by atoms with van der Waals surface area (Å²) >= 11 is 0. The Labute approximate surface area is 181 Å². The Morgan fingerprint density at radius 2 is 1.90 bits per heavy atom. The number of anilines is 1. The molecule has 162 valence electrons. The van der Waals surface area contributed by atoms with Crippen molar-refractivity contribution in [3.05, 3.63) is 64.8 Å². The number of hydrogen-bond acceptors (Lipinski definition) is 5. The van der Waals surface area contributed by atoms with E-state index in [9.17, 15) is 18.0 Å². The molecule has 2 heterocycles. The van der Waals surface area contributed by atoms with Gasteiger partial charge >= 0.3 is 5.97 Å². The summed E-state index contributed by atoms with van der Waals surface area (Å²) in [4.78, 5) is 28.9. The van der Waals surface area contributed by atoms with Crippen LogP contribution in [0.15, 0.2) is 42.5 Å². The van der Waals surface area contributed by atoms with E-state index in [1.165, 1.54) is 16.6 Å². The number of H-pyrrole nitrogens is 1. The monoisotopic (exact) mass is 440 g/mol. The Hall–Kier alpha value is -3.13. The molecule has 4 rings (SSSR count). The summed E-state index contributed by atoms with van der Waals surface area (Å²) in [6.45, 7) is 5.20. The summed E-state index contributed by atoms with van der Waals surface area (Å²) in [7, 11) is -3.41. The minimum Gasteiger partial charge on any atom is -0.451 e. The van der Waals surface area contributed by atoms with Gasteiger partial charge in [-0.1, -0.05) is 18.2 Å². The zero-order valence-electron chi connectivity index (χ0n) is 17.8. The van der Waals surface area contributed by atoms with E-state index in [0.29, 0.717) is 17.7 Å². The Morgan fingerprint density at radius 3 is 2.61 bits per heavy atom. The van der Waals surface area contributed by atoms with Gasteiger partial charge in [-0.05, 0) is 57.0 Å². The lowest BCUT2D eigenvalue weighted by atomic mass is 10.0. The molecule has 1 aliphatic rings. The van der Waals surface area contributed by atoms with E-state index >= 15 is 0 Å². The maximum atomic E-state index is 13.0. The number of nitrogens with one attached hydrogen (secondary N) is 1. The molecule has 0 saturated heterocycles. The Bertz CT molecular complexity index is 1310. The van der Waals surface area contributed by atoms with Crippen LogP contribution in [0.4, 0.5) is 5.69 Å². The Morgan fingerprint density at radius 1 is 1.19 bits per heavy atom. The predicted molar refractivity (Wildman–Crippen MR) is 119 cm³/mol. The van der Waals surface area contributed by atoms with Crippen LogP contribution in [0.2, 0.25) is 0 Å². The van der Waals surface area contributed by atoms with Crippen molar-refractivity contribution in [2.45, 2.75) is 39.3 Å². The average Bonchev–Trinajstić information content (AvgIpc) is 3.21. The molecule has 0 radical (unpaired) electrons. The van der Waals surface area contributed by atoms with Crippen molar-refractivity contribution in [1.82, 2.24) is 4.98 Å².